The Balaban J connectivity index is 2.77. The van der Waals surface area contributed by atoms with Gasteiger partial charge in [-0.05, 0) is 12.1 Å². The van der Waals surface area contributed by atoms with E-state index in [0.29, 0.717) is 16.6 Å². The van der Waals surface area contributed by atoms with Crippen molar-refractivity contribution in [2.75, 3.05) is 7.11 Å². The van der Waals surface area contributed by atoms with Crippen LogP contribution in [-0.4, -0.2) is 23.0 Å². The maximum Gasteiger partial charge on any atom is 0.340 e. The quantitative estimate of drug-likeness (QED) is 0.737. The number of benzene rings is 1. The fraction of sp³-hybridized carbons (Fsp3) is 0.100. The van der Waals surface area contributed by atoms with Crippen molar-refractivity contribution in [3.63, 3.8) is 0 Å². The first-order chi connectivity index (χ1) is 7.63. The fourth-order valence-electron chi connectivity index (χ4n) is 1.31. The van der Waals surface area contributed by atoms with Crippen molar-refractivity contribution in [2.45, 2.75) is 0 Å². The average Bonchev–Trinajstić information content (AvgIpc) is 2.29. The zero-order chi connectivity index (χ0) is 11.7. The molecule has 2 rings (SSSR count). The summed E-state index contributed by atoms with van der Waals surface area (Å²) >= 11 is 11.5. The van der Waals surface area contributed by atoms with E-state index in [1.807, 2.05) is 0 Å². The Hall–Kier alpha value is -1.39. The Labute approximate surface area is 101 Å². The molecule has 2 aromatic rings. The standard InChI is InChI=1S/C10H6Cl2N2O2/c1-16-10(15)5-3-2-4-6-7(5)14-9(12)8(11)13-6/h2-4H,1H3. The van der Waals surface area contributed by atoms with Crippen LogP contribution in [0.3, 0.4) is 0 Å². The number of hydrogen-bond donors (Lipinski definition) is 0. The van der Waals surface area contributed by atoms with Gasteiger partial charge >= 0.3 is 5.97 Å². The van der Waals surface area contributed by atoms with Gasteiger partial charge in [0.05, 0.1) is 18.2 Å². The molecule has 0 aliphatic heterocycles. The lowest BCUT2D eigenvalue weighted by Gasteiger charge is -2.04. The largest absolute Gasteiger partial charge is 0.465 e. The number of aromatic nitrogens is 2. The zero-order valence-corrected chi connectivity index (χ0v) is 9.71. The van der Waals surface area contributed by atoms with Crippen molar-refractivity contribution in [2.24, 2.45) is 0 Å². The summed E-state index contributed by atoms with van der Waals surface area (Å²) in [6, 6.07) is 4.96. The summed E-state index contributed by atoms with van der Waals surface area (Å²) in [6.45, 7) is 0. The summed E-state index contributed by atoms with van der Waals surface area (Å²) in [5, 5.41) is 0.168. The molecule has 0 saturated heterocycles. The summed E-state index contributed by atoms with van der Waals surface area (Å²) in [5.74, 6) is -0.488. The first-order valence-electron chi connectivity index (χ1n) is 4.33. The maximum atomic E-state index is 11.5. The molecule has 1 heterocycles. The number of rotatable bonds is 1. The third-order valence-electron chi connectivity index (χ3n) is 2.02. The van der Waals surface area contributed by atoms with Gasteiger partial charge < -0.3 is 4.74 Å². The van der Waals surface area contributed by atoms with E-state index in [0.717, 1.165) is 0 Å². The number of esters is 1. The van der Waals surface area contributed by atoms with Crippen LogP contribution in [0.25, 0.3) is 11.0 Å². The molecule has 0 fully saturated rings. The van der Waals surface area contributed by atoms with Crippen LogP contribution in [-0.2, 0) is 4.74 Å². The second-order valence-electron chi connectivity index (χ2n) is 2.97. The molecule has 82 valence electrons. The maximum absolute atomic E-state index is 11.5. The molecular weight excluding hydrogens is 251 g/mol. The monoisotopic (exact) mass is 256 g/mol. The van der Waals surface area contributed by atoms with Crippen LogP contribution >= 0.6 is 23.2 Å². The molecular formula is C10H6Cl2N2O2. The summed E-state index contributed by atoms with van der Waals surface area (Å²) in [4.78, 5) is 19.5. The first-order valence-corrected chi connectivity index (χ1v) is 5.09. The van der Waals surface area contributed by atoms with Crippen molar-refractivity contribution in [3.8, 4) is 0 Å². The van der Waals surface area contributed by atoms with Gasteiger partial charge in [0.15, 0.2) is 10.3 Å². The highest BCUT2D eigenvalue weighted by molar-refractivity contribution is 6.40. The molecule has 0 saturated carbocycles. The number of fused-ring (bicyclic) bond motifs is 1. The minimum absolute atomic E-state index is 0.0607. The molecule has 0 N–H and O–H groups in total. The number of nitrogens with zero attached hydrogens (tertiary/aromatic N) is 2. The highest BCUT2D eigenvalue weighted by atomic mass is 35.5. The van der Waals surface area contributed by atoms with Gasteiger partial charge in [0.2, 0.25) is 0 Å². The number of ether oxygens (including phenoxy) is 1. The number of para-hydroxylation sites is 1. The van der Waals surface area contributed by atoms with E-state index in [2.05, 4.69) is 14.7 Å². The van der Waals surface area contributed by atoms with Crippen LogP contribution in [0.15, 0.2) is 18.2 Å². The van der Waals surface area contributed by atoms with Crippen molar-refractivity contribution in [1.82, 2.24) is 9.97 Å². The van der Waals surface area contributed by atoms with Gasteiger partial charge in [0.25, 0.3) is 0 Å². The Kier molecular flexibility index (Phi) is 2.94. The van der Waals surface area contributed by atoms with Gasteiger partial charge in [-0.1, -0.05) is 29.3 Å². The Morgan fingerprint density at radius 2 is 1.94 bits per heavy atom. The van der Waals surface area contributed by atoms with E-state index >= 15 is 0 Å². The second-order valence-corrected chi connectivity index (χ2v) is 3.69. The molecule has 0 amide bonds. The van der Waals surface area contributed by atoms with Crippen LogP contribution in [0, 0.1) is 0 Å². The lowest BCUT2D eigenvalue weighted by Crippen LogP contribution is -2.03. The first kappa shape index (κ1) is 11.1. The second kappa shape index (κ2) is 4.23. The molecule has 0 atom stereocenters. The minimum Gasteiger partial charge on any atom is -0.465 e. The number of halogens is 2. The lowest BCUT2D eigenvalue weighted by atomic mass is 10.2. The molecule has 0 aliphatic carbocycles. The number of hydrogen-bond acceptors (Lipinski definition) is 4. The van der Waals surface area contributed by atoms with Crippen molar-refractivity contribution in [3.05, 3.63) is 34.1 Å². The van der Waals surface area contributed by atoms with E-state index in [1.165, 1.54) is 7.11 Å². The number of carbonyl (C=O) groups excluding carboxylic acids is 1. The number of methoxy groups -OCH3 is 1. The lowest BCUT2D eigenvalue weighted by molar-refractivity contribution is 0.0603. The normalized spacial score (nSPS) is 10.4. The third-order valence-corrected chi connectivity index (χ3v) is 2.64. The van der Waals surface area contributed by atoms with Crippen molar-refractivity contribution < 1.29 is 9.53 Å². The van der Waals surface area contributed by atoms with E-state index in [4.69, 9.17) is 23.2 Å². The summed E-state index contributed by atoms with van der Waals surface area (Å²) in [5.41, 5.74) is 1.19. The average molecular weight is 257 g/mol. The summed E-state index contributed by atoms with van der Waals surface area (Å²) in [7, 11) is 1.30. The summed E-state index contributed by atoms with van der Waals surface area (Å²) < 4.78 is 4.63. The van der Waals surface area contributed by atoms with Gasteiger partial charge in [-0.15, -0.1) is 0 Å². The molecule has 1 aromatic carbocycles. The molecule has 0 bridgehead atoms. The minimum atomic E-state index is -0.488. The van der Waals surface area contributed by atoms with Crippen LogP contribution in [0.4, 0.5) is 0 Å². The van der Waals surface area contributed by atoms with Crippen LogP contribution in [0.5, 0.6) is 0 Å². The molecule has 0 aliphatic rings. The van der Waals surface area contributed by atoms with Crippen molar-refractivity contribution in [1.29, 1.82) is 0 Å². The molecule has 16 heavy (non-hydrogen) atoms. The predicted molar refractivity (Wildman–Crippen MR) is 60.9 cm³/mol. The topological polar surface area (TPSA) is 52.1 Å². The van der Waals surface area contributed by atoms with Gasteiger partial charge in [-0.3, -0.25) is 0 Å². The predicted octanol–water partition coefficient (Wildman–Crippen LogP) is 2.72. The van der Waals surface area contributed by atoms with Gasteiger partial charge in [0.1, 0.15) is 5.52 Å². The Morgan fingerprint density at radius 1 is 1.25 bits per heavy atom. The number of carbonyl (C=O) groups is 1. The molecule has 0 unspecified atom stereocenters. The van der Waals surface area contributed by atoms with Crippen LogP contribution in [0.1, 0.15) is 10.4 Å². The molecule has 6 heteroatoms. The van der Waals surface area contributed by atoms with Crippen molar-refractivity contribution >= 4 is 40.2 Å². The highest BCUT2D eigenvalue weighted by Gasteiger charge is 2.13. The van der Waals surface area contributed by atoms with Crippen LogP contribution < -0.4 is 0 Å². The van der Waals surface area contributed by atoms with Gasteiger partial charge in [-0.25, -0.2) is 14.8 Å². The summed E-state index contributed by atoms with van der Waals surface area (Å²) in [6.07, 6.45) is 0. The van der Waals surface area contributed by atoms with E-state index in [9.17, 15) is 4.79 Å². The van der Waals surface area contributed by atoms with Crippen LogP contribution in [0.2, 0.25) is 10.3 Å². The van der Waals surface area contributed by atoms with E-state index in [1.54, 1.807) is 18.2 Å². The fourth-order valence-corrected chi connectivity index (χ4v) is 1.57. The Morgan fingerprint density at radius 3 is 2.62 bits per heavy atom. The third kappa shape index (κ3) is 1.81. The molecule has 0 spiro atoms. The molecule has 4 nitrogen and oxygen atoms in total. The molecule has 0 radical (unpaired) electrons. The van der Waals surface area contributed by atoms with Gasteiger partial charge in [-0.2, -0.15) is 0 Å². The highest BCUT2D eigenvalue weighted by Crippen LogP contribution is 2.23. The zero-order valence-electron chi connectivity index (χ0n) is 8.20. The smallest absolute Gasteiger partial charge is 0.340 e. The van der Waals surface area contributed by atoms with Gasteiger partial charge in [0, 0.05) is 0 Å². The molecule has 1 aromatic heterocycles. The van der Waals surface area contributed by atoms with E-state index in [-0.39, 0.29) is 10.3 Å². The van der Waals surface area contributed by atoms with E-state index < -0.39 is 5.97 Å². The Bertz CT molecular complexity index is 572. The SMILES string of the molecule is COC(=O)c1cccc2nc(Cl)c(Cl)nc12.